The molecular weight excluding hydrogens is 1910 g/mol. The molecule has 7 aromatic carbocycles. The number of nitrogens with one attached hydrogen (secondary N) is 4. The van der Waals surface area contributed by atoms with Gasteiger partial charge in [0.05, 0.1) is 94.1 Å². The number of amides is 5. The van der Waals surface area contributed by atoms with Crippen molar-refractivity contribution in [3.63, 3.8) is 0 Å². The third kappa shape index (κ3) is 43.3. The summed E-state index contributed by atoms with van der Waals surface area (Å²) in [7, 11) is 2.89. The fraction of sp³-hybridized carbons (Fsp3) is 0.429. The quantitative estimate of drug-likeness (QED) is 0.0162. The highest BCUT2D eigenvalue weighted by molar-refractivity contribution is 9.08. The van der Waals surface area contributed by atoms with E-state index in [1.807, 2.05) is 106 Å². The van der Waals surface area contributed by atoms with Gasteiger partial charge >= 0.3 is 24.4 Å². The van der Waals surface area contributed by atoms with Gasteiger partial charge in [-0.3, -0.25) is 33.6 Å². The number of fused-ring (bicyclic) bond motifs is 2. The van der Waals surface area contributed by atoms with Gasteiger partial charge in [0.15, 0.2) is 22.4 Å². The van der Waals surface area contributed by atoms with Crippen molar-refractivity contribution in [1.82, 2.24) is 26.3 Å². The van der Waals surface area contributed by atoms with Crippen LogP contribution in [0.4, 0.5) is 23.6 Å². The highest BCUT2D eigenvalue weighted by Crippen LogP contribution is 2.33. The molecule has 33 heteroatoms. The van der Waals surface area contributed by atoms with Crippen molar-refractivity contribution in [3.8, 4) is 24.3 Å². The minimum Gasteiger partial charge on any atom is -0.459 e. The lowest BCUT2D eigenvalue weighted by Gasteiger charge is -2.27. The molecule has 9 rings (SSSR count). The average molecular weight is 2040 g/mol. The van der Waals surface area contributed by atoms with E-state index in [1.54, 1.807) is 180 Å². The van der Waals surface area contributed by atoms with E-state index in [4.69, 9.17) is 101 Å². The number of alkyl carbamates (subject to hydrolysis) is 4. The van der Waals surface area contributed by atoms with E-state index >= 15 is 0 Å². The molecule has 0 unspecified atom stereocenters. The molecule has 27 nitrogen and oxygen atoms in total. The van der Waals surface area contributed by atoms with Crippen LogP contribution in [-0.2, 0) is 62.8 Å². The fourth-order valence-corrected chi connectivity index (χ4v) is 13.5. The molecule has 0 radical (unpaired) electrons. The molecule has 2 heterocycles. The van der Waals surface area contributed by atoms with Gasteiger partial charge in [0.2, 0.25) is 0 Å². The Labute approximate surface area is 838 Å². The fourth-order valence-electron chi connectivity index (χ4n) is 12.5. The van der Waals surface area contributed by atoms with Crippen molar-refractivity contribution < 1.29 is 75.4 Å². The van der Waals surface area contributed by atoms with Gasteiger partial charge in [-0.05, 0) is 251 Å². The topological polar surface area (TPSA) is 416 Å². The number of likely N-dealkylation sites (N-methyl/N-ethyl adjacent to an activating group) is 1. The Hall–Kier alpha value is -12.0. The lowest BCUT2D eigenvalue weighted by Crippen LogP contribution is -2.51. The molecule has 0 aliphatic carbocycles. The molecule has 0 aliphatic heterocycles. The molecule has 138 heavy (non-hydrogen) atoms. The Bertz CT molecular complexity index is 5950. The third-order valence-electron chi connectivity index (χ3n) is 19.2. The number of benzene rings is 7. The second kappa shape index (κ2) is 57.4. The van der Waals surface area contributed by atoms with Crippen molar-refractivity contribution in [2.75, 3.05) is 14.2 Å². The largest absolute Gasteiger partial charge is 0.459 e. The van der Waals surface area contributed by atoms with Gasteiger partial charge in [0, 0.05) is 70.0 Å². The van der Waals surface area contributed by atoms with Crippen LogP contribution in [-0.4, -0.2) is 107 Å². The van der Waals surface area contributed by atoms with Gasteiger partial charge in [0.25, 0.3) is 11.1 Å². The molecule has 2 aromatic heterocycles. The lowest BCUT2D eigenvalue weighted by molar-refractivity contribution is -0.172. The maximum atomic E-state index is 13.5. The average Bonchev–Trinajstić information content (AvgIpc) is 0.766. The summed E-state index contributed by atoms with van der Waals surface area (Å²) in [5, 5.41) is 49.5. The van der Waals surface area contributed by atoms with Crippen molar-refractivity contribution >= 4 is 131 Å². The summed E-state index contributed by atoms with van der Waals surface area (Å²) < 4.78 is 45.8. The minimum absolute atomic E-state index is 0. The van der Waals surface area contributed by atoms with E-state index in [2.05, 4.69) is 61.5 Å². The highest BCUT2D eigenvalue weighted by Gasteiger charge is 2.34. The van der Waals surface area contributed by atoms with E-state index in [0.717, 1.165) is 44.3 Å². The van der Waals surface area contributed by atoms with Crippen LogP contribution >= 0.6 is 62.3 Å². The van der Waals surface area contributed by atoms with E-state index < -0.39 is 88.0 Å². The van der Waals surface area contributed by atoms with Crippen LogP contribution in [0.5, 0.6) is 0 Å². The van der Waals surface area contributed by atoms with E-state index in [-0.39, 0.29) is 82.4 Å². The number of halogens is 6. The van der Waals surface area contributed by atoms with Gasteiger partial charge in [-0.2, -0.15) is 21.0 Å². The number of alkyl halides is 1. The number of ether oxygens (including phenoxy) is 4. The Morgan fingerprint density at radius 2 is 0.812 bits per heavy atom. The molecule has 0 aliphatic rings. The first-order chi connectivity index (χ1) is 63.7. The Kier molecular flexibility index (Phi) is 50.7. The molecule has 6 N–H and O–H groups in total. The number of ketones is 2. The molecule has 744 valence electrons. The van der Waals surface area contributed by atoms with E-state index in [0.29, 0.717) is 90.6 Å². The molecular formula is C105H130BrCl4FN10O17. The number of carbonyl (C=O) groups is 8. The Balaban J connectivity index is 0.000000563. The maximum Gasteiger partial charge on any atom is 0.408 e. The second-order valence-corrected chi connectivity index (χ2v) is 39.5. The van der Waals surface area contributed by atoms with Crippen LogP contribution in [0.2, 0.25) is 15.1 Å². The molecule has 0 saturated heterocycles. The van der Waals surface area contributed by atoms with Gasteiger partial charge in [-0.1, -0.05) is 176 Å². The number of nitriles is 4. The lowest BCUT2D eigenvalue weighted by atomic mass is 9.93. The number of aryl methyl sites for hydroxylation is 1. The van der Waals surface area contributed by atoms with Crippen molar-refractivity contribution in [2.24, 2.45) is 35.3 Å². The monoisotopic (exact) mass is 2040 g/mol. The van der Waals surface area contributed by atoms with Gasteiger partial charge in [-0.15, -0.1) is 0 Å². The first-order valence-corrected chi connectivity index (χ1v) is 46.6. The molecule has 5 atom stereocenters. The number of nitrogens with two attached hydrogens (primary N) is 1. The van der Waals surface area contributed by atoms with Crippen LogP contribution in [0, 0.1) is 80.7 Å². The smallest absolute Gasteiger partial charge is 0.408 e. The van der Waals surface area contributed by atoms with Crippen molar-refractivity contribution in [2.45, 2.75) is 250 Å². The van der Waals surface area contributed by atoms with Crippen molar-refractivity contribution in [3.05, 3.63) is 266 Å². The predicted molar refractivity (Wildman–Crippen MR) is 543 cm³/mol. The van der Waals surface area contributed by atoms with Crippen LogP contribution in [0.3, 0.4) is 0 Å². The van der Waals surface area contributed by atoms with Gasteiger partial charge in [-0.25, -0.2) is 28.6 Å². The molecule has 5 amide bonds. The van der Waals surface area contributed by atoms with Crippen LogP contribution in [0.15, 0.2) is 170 Å². The Morgan fingerprint density at radius 3 is 1.16 bits per heavy atom. The number of hydrogen-bond acceptors (Lipinski definition) is 22. The maximum absolute atomic E-state index is 13.5. The van der Waals surface area contributed by atoms with E-state index in [1.165, 1.54) is 33.2 Å². The summed E-state index contributed by atoms with van der Waals surface area (Å²) in [5.74, 6) is -0.348. The van der Waals surface area contributed by atoms with Crippen LogP contribution in [0.1, 0.15) is 263 Å². The van der Waals surface area contributed by atoms with Crippen LogP contribution in [0.25, 0.3) is 21.9 Å². The normalized spacial score (nSPS) is 12.0. The second-order valence-electron chi connectivity index (χ2n) is 37.3. The zero-order valence-electron chi connectivity index (χ0n) is 82.3. The zero-order chi connectivity index (χ0) is 104. The number of rotatable bonds is 24. The van der Waals surface area contributed by atoms with Gasteiger partial charge < -0.3 is 54.8 Å². The summed E-state index contributed by atoms with van der Waals surface area (Å²) in [5.41, 5.74) is 11.2. The molecule has 0 fully saturated rings. The summed E-state index contributed by atoms with van der Waals surface area (Å²) in [4.78, 5) is 125. The number of hydrogen-bond donors (Lipinski definition) is 5. The number of nitrogens with zero attached hydrogens (tertiary/aromatic N) is 5. The minimum atomic E-state index is -0.820. The zero-order valence-corrected chi connectivity index (χ0v) is 86.9. The SMILES string of the molecule is C.CC(=O)[C@H](NC(=O)OC(C)(C)C)C(C)C.CC(C)[C@@H](N)c1oc2cc(Cl)ccc2c(=O)c1Cc1cccc(C#N)c1.CC(C)[C@@H](NC(=O)OC(C)(C)C)C(=O)CCc1cccc(C#N)c1.CC(C)[C@@H](NC(=O)OC(C)(C)C)c1oc2cc(Cl)ccc2c(=O)c1Cc1cccc(C#N)c1.CON(C)C(=O)[C@H](NC(=O)OC(C)(C)C)C(C)C.N#Cc1cccc(CBr)c1.O=C(Cl)c1ccc(Cl)cc1F. The van der Waals surface area contributed by atoms with Crippen LogP contribution < -0.4 is 37.9 Å². The molecule has 0 spiro atoms. The summed E-state index contributed by atoms with van der Waals surface area (Å²) in [6.45, 7) is 41.8. The summed E-state index contributed by atoms with van der Waals surface area (Å²) >= 11 is 26.0. The first kappa shape index (κ1) is 122. The molecule has 0 saturated carbocycles. The number of carbonyl (C=O) groups excluding carboxylic acids is 8. The summed E-state index contributed by atoms with van der Waals surface area (Å²) in [6.07, 6.45) is -0.915. The molecule has 9 aromatic rings. The number of hydroxylamine groups is 2. The first-order valence-electron chi connectivity index (χ1n) is 44.0. The molecule has 0 bridgehead atoms. The van der Waals surface area contributed by atoms with E-state index in [9.17, 15) is 57.6 Å². The third-order valence-corrected chi connectivity index (χ3v) is 20.8. The highest BCUT2D eigenvalue weighted by atomic mass is 79.9. The summed E-state index contributed by atoms with van der Waals surface area (Å²) in [6, 6.07) is 48.1. The predicted octanol–water partition coefficient (Wildman–Crippen LogP) is 23.9. The Morgan fingerprint density at radius 1 is 0.471 bits per heavy atom. The number of Topliss-reactive ketones (excluding diaryl/α,β-unsaturated/α-hetero) is 2. The van der Waals surface area contributed by atoms with Gasteiger partial charge in [0.1, 0.15) is 56.9 Å². The standard InChI is InChI=1S/C26H27ClN2O4.C21H19ClN2O2.C19H26N2O3.C12H24N2O4.C11H21NO3.C8H6BrN.C7H3Cl2FO.CH4/c1-15(2)22(29-25(31)33-26(3,4)5)24-20(12-16-7-6-8-17(11-16)14-28)23(30)19-10-9-18(27)13-21(19)32-24;1-12(2)19(24)21-17(9-13-4-3-5-14(8-13)11-23)20(25)16-7-6-15(22)10-18(16)26-21;1-13(2)17(21-18(23)24-19(3,4)5)16(22)10-9-14-7-6-8-15(11-14)12-20;1-8(2)9(10(15)14(6)17-7)13-11(16)18-12(3,4)5;1-7(2)9(8(3)13)12-10(14)15-11(4,5)6;9-5-7-2-1-3-8(4-7)6-10;8-4-1-2-5(7(9)11)6(10)3-4;/h6-11,13,15,22H,12H2,1-5H3,(H,29,31);3-8,10,12,19H,9,24H2,1-2H3;6-8,11,13,17H,9-10H2,1-5H3,(H,21,23);8-9H,1-7H3,(H,13,16);7,9H,1-6H3,(H,12,14);1-4H,5H2;1-3H;1H4/t22-;19-;17-;2*9-;;;/m11111.../s1. The van der Waals surface area contributed by atoms with Crippen molar-refractivity contribution in [1.29, 1.82) is 21.0 Å².